The van der Waals surface area contributed by atoms with Crippen LogP contribution in [0.15, 0.2) is 30.5 Å². The van der Waals surface area contributed by atoms with Gasteiger partial charge in [0.05, 0.1) is 17.5 Å². The van der Waals surface area contributed by atoms with E-state index in [0.717, 1.165) is 5.56 Å². The molecule has 0 spiro atoms. The highest BCUT2D eigenvalue weighted by molar-refractivity contribution is 6.30. The van der Waals surface area contributed by atoms with Crippen molar-refractivity contribution in [1.29, 1.82) is 0 Å². The van der Waals surface area contributed by atoms with Crippen LogP contribution in [-0.2, 0) is 0 Å². The van der Waals surface area contributed by atoms with Gasteiger partial charge in [0.25, 0.3) is 5.91 Å². The lowest BCUT2D eigenvalue weighted by Gasteiger charge is -2.21. The molecule has 0 aliphatic heterocycles. The first kappa shape index (κ1) is 16.5. The lowest BCUT2D eigenvalue weighted by atomic mass is 10.0. The van der Waals surface area contributed by atoms with Crippen LogP contribution in [0.3, 0.4) is 0 Å². The van der Waals surface area contributed by atoms with Crippen molar-refractivity contribution >= 4 is 17.5 Å². The molecule has 0 radical (unpaired) electrons. The van der Waals surface area contributed by atoms with Crippen LogP contribution in [0.2, 0.25) is 5.02 Å². The Labute approximate surface area is 134 Å². The van der Waals surface area contributed by atoms with E-state index in [1.165, 1.54) is 6.20 Å². The lowest BCUT2D eigenvalue weighted by molar-refractivity contribution is 0.0917. The molecule has 1 aromatic carbocycles. The van der Waals surface area contributed by atoms with Gasteiger partial charge in [0.1, 0.15) is 0 Å². The molecule has 0 fully saturated rings. The molecule has 118 valence electrons. The number of hydrogen-bond acceptors (Lipinski definition) is 3. The normalized spacial score (nSPS) is 12.4. The minimum atomic E-state index is -0.203. The van der Waals surface area contributed by atoms with Crippen molar-refractivity contribution in [1.82, 2.24) is 15.5 Å². The molecular weight excluding hydrogens is 302 g/mol. The highest BCUT2D eigenvalue weighted by Crippen LogP contribution is 2.23. The molecule has 1 aromatic heterocycles. The summed E-state index contributed by atoms with van der Waals surface area (Å²) in [5, 5.41) is 19.5. The minimum Gasteiger partial charge on any atom is -0.396 e. The van der Waals surface area contributed by atoms with E-state index in [1.807, 2.05) is 26.0 Å². The van der Waals surface area contributed by atoms with Crippen LogP contribution < -0.4 is 5.32 Å². The van der Waals surface area contributed by atoms with Crippen molar-refractivity contribution < 1.29 is 9.90 Å². The number of aliphatic hydroxyl groups excluding tert-OH is 1. The number of H-pyrrole nitrogens is 1. The fourth-order valence-electron chi connectivity index (χ4n) is 2.25. The molecule has 2 aromatic rings. The molecule has 0 aliphatic carbocycles. The summed E-state index contributed by atoms with van der Waals surface area (Å²) in [6, 6.07) is 7.12. The third-order valence-corrected chi connectivity index (χ3v) is 3.83. The average molecular weight is 322 g/mol. The van der Waals surface area contributed by atoms with Gasteiger partial charge in [0, 0.05) is 23.2 Å². The highest BCUT2D eigenvalue weighted by atomic mass is 35.5. The van der Waals surface area contributed by atoms with Gasteiger partial charge in [0.2, 0.25) is 0 Å². The number of carbonyl (C=O) groups excluding carboxylic acids is 1. The highest BCUT2D eigenvalue weighted by Gasteiger charge is 2.20. The number of aromatic amines is 1. The Morgan fingerprint density at radius 1 is 1.36 bits per heavy atom. The molecule has 1 amide bonds. The van der Waals surface area contributed by atoms with Crippen LogP contribution in [0, 0.1) is 5.92 Å². The number of hydrogen-bond donors (Lipinski definition) is 3. The van der Waals surface area contributed by atoms with E-state index in [0.29, 0.717) is 22.7 Å². The molecule has 2 rings (SSSR count). The van der Waals surface area contributed by atoms with Gasteiger partial charge < -0.3 is 10.4 Å². The molecule has 0 aliphatic rings. The van der Waals surface area contributed by atoms with Crippen molar-refractivity contribution in [2.75, 3.05) is 6.61 Å². The zero-order valence-electron chi connectivity index (χ0n) is 12.6. The number of nitrogens with zero attached hydrogens (tertiary/aromatic N) is 1. The Morgan fingerprint density at radius 3 is 2.64 bits per heavy atom. The number of amides is 1. The van der Waals surface area contributed by atoms with Crippen LogP contribution >= 0.6 is 11.6 Å². The van der Waals surface area contributed by atoms with E-state index < -0.39 is 0 Å². The number of halogens is 1. The summed E-state index contributed by atoms with van der Waals surface area (Å²) in [5.74, 6) is 0.0350. The van der Waals surface area contributed by atoms with Crippen molar-refractivity contribution in [3.05, 3.63) is 41.0 Å². The summed E-state index contributed by atoms with van der Waals surface area (Å²) >= 11 is 5.89. The van der Waals surface area contributed by atoms with Crippen LogP contribution in [0.4, 0.5) is 0 Å². The Bertz CT molecular complexity index is 623. The second-order valence-electron chi connectivity index (χ2n) is 5.50. The first-order valence-corrected chi connectivity index (χ1v) is 7.61. The number of carbonyl (C=O) groups is 1. The van der Waals surface area contributed by atoms with Crippen LogP contribution in [0.5, 0.6) is 0 Å². The lowest BCUT2D eigenvalue weighted by Crippen LogP contribution is -2.39. The second kappa shape index (κ2) is 7.42. The zero-order chi connectivity index (χ0) is 16.1. The Balaban J connectivity index is 2.21. The third-order valence-electron chi connectivity index (χ3n) is 3.58. The zero-order valence-corrected chi connectivity index (χ0v) is 13.4. The quantitative estimate of drug-likeness (QED) is 0.765. The summed E-state index contributed by atoms with van der Waals surface area (Å²) in [5.41, 5.74) is 1.97. The maximum absolute atomic E-state index is 12.5. The number of nitrogens with one attached hydrogen (secondary N) is 2. The maximum atomic E-state index is 12.5. The summed E-state index contributed by atoms with van der Waals surface area (Å²) < 4.78 is 0. The summed E-state index contributed by atoms with van der Waals surface area (Å²) in [4.78, 5) is 12.5. The van der Waals surface area contributed by atoms with E-state index in [2.05, 4.69) is 15.5 Å². The number of benzene rings is 1. The Kier molecular flexibility index (Phi) is 5.57. The SMILES string of the molecule is CC(C)C(CCO)NC(=O)c1cn[nH]c1-c1ccc(Cl)cc1. The molecule has 1 unspecified atom stereocenters. The van der Waals surface area contributed by atoms with Crippen molar-refractivity contribution in [3.8, 4) is 11.3 Å². The van der Waals surface area contributed by atoms with E-state index in [1.54, 1.807) is 12.1 Å². The van der Waals surface area contributed by atoms with Gasteiger partial charge in [-0.15, -0.1) is 0 Å². The molecule has 3 N–H and O–H groups in total. The van der Waals surface area contributed by atoms with Gasteiger partial charge in [-0.2, -0.15) is 5.10 Å². The minimum absolute atomic E-state index is 0.0402. The average Bonchev–Trinajstić information content (AvgIpc) is 2.97. The Morgan fingerprint density at radius 2 is 2.05 bits per heavy atom. The van der Waals surface area contributed by atoms with E-state index in [4.69, 9.17) is 16.7 Å². The molecule has 0 bridgehead atoms. The molecular formula is C16H20ClN3O2. The number of aromatic nitrogens is 2. The number of rotatable bonds is 6. The summed E-state index contributed by atoms with van der Waals surface area (Å²) in [7, 11) is 0. The van der Waals surface area contributed by atoms with Gasteiger partial charge in [-0.3, -0.25) is 9.89 Å². The molecule has 6 heteroatoms. The smallest absolute Gasteiger partial charge is 0.255 e. The predicted octanol–water partition coefficient (Wildman–Crippen LogP) is 2.87. The van der Waals surface area contributed by atoms with E-state index in [-0.39, 0.29) is 24.5 Å². The summed E-state index contributed by atoms with van der Waals surface area (Å²) in [6.45, 7) is 4.06. The van der Waals surface area contributed by atoms with Crippen LogP contribution in [0.25, 0.3) is 11.3 Å². The molecule has 22 heavy (non-hydrogen) atoms. The molecule has 0 saturated heterocycles. The molecule has 5 nitrogen and oxygen atoms in total. The van der Waals surface area contributed by atoms with E-state index >= 15 is 0 Å². The van der Waals surface area contributed by atoms with Gasteiger partial charge >= 0.3 is 0 Å². The Hall–Kier alpha value is -1.85. The molecule has 0 saturated carbocycles. The van der Waals surface area contributed by atoms with Gasteiger partial charge in [-0.1, -0.05) is 37.6 Å². The van der Waals surface area contributed by atoms with Crippen LogP contribution in [-0.4, -0.2) is 33.9 Å². The molecule has 1 heterocycles. The van der Waals surface area contributed by atoms with Gasteiger partial charge in [0.15, 0.2) is 0 Å². The third kappa shape index (κ3) is 3.87. The summed E-state index contributed by atoms with van der Waals surface area (Å²) in [6.07, 6.45) is 2.03. The fourth-order valence-corrected chi connectivity index (χ4v) is 2.38. The molecule has 1 atom stereocenters. The second-order valence-corrected chi connectivity index (χ2v) is 5.94. The number of aliphatic hydroxyl groups is 1. The largest absolute Gasteiger partial charge is 0.396 e. The topological polar surface area (TPSA) is 78.0 Å². The van der Waals surface area contributed by atoms with Crippen molar-refractivity contribution in [2.24, 2.45) is 5.92 Å². The van der Waals surface area contributed by atoms with E-state index in [9.17, 15) is 4.79 Å². The van der Waals surface area contributed by atoms with Crippen molar-refractivity contribution in [2.45, 2.75) is 26.3 Å². The first-order chi connectivity index (χ1) is 10.5. The fraction of sp³-hybridized carbons (Fsp3) is 0.375. The van der Waals surface area contributed by atoms with Crippen molar-refractivity contribution in [3.63, 3.8) is 0 Å². The maximum Gasteiger partial charge on any atom is 0.255 e. The predicted molar refractivity (Wildman–Crippen MR) is 86.8 cm³/mol. The first-order valence-electron chi connectivity index (χ1n) is 7.24. The van der Waals surface area contributed by atoms with Gasteiger partial charge in [-0.25, -0.2) is 0 Å². The van der Waals surface area contributed by atoms with Gasteiger partial charge in [-0.05, 0) is 24.5 Å². The van der Waals surface area contributed by atoms with Crippen LogP contribution in [0.1, 0.15) is 30.6 Å². The standard InChI is InChI=1S/C16H20ClN3O2/c1-10(2)14(7-8-21)19-16(22)13-9-18-20-15(13)11-3-5-12(17)6-4-11/h3-6,9-10,14,21H,7-8H2,1-2H3,(H,18,20)(H,19,22). The monoisotopic (exact) mass is 321 g/mol.